The minimum absolute atomic E-state index is 0.0619. The highest BCUT2D eigenvalue weighted by molar-refractivity contribution is 5.95. The fourth-order valence-corrected chi connectivity index (χ4v) is 1.80. The molecule has 0 atom stereocenters. The van der Waals surface area contributed by atoms with Crippen LogP contribution in [0, 0.1) is 12.9 Å². The van der Waals surface area contributed by atoms with Crippen molar-refractivity contribution in [3.8, 4) is 5.75 Å². The van der Waals surface area contributed by atoms with E-state index in [0.29, 0.717) is 5.69 Å². The Bertz CT molecular complexity index is 726. The van der Waals surface area contributed by atoms with Crippen LogP contribution in [0.1, 0.15) is 21.6 Å². The monoisotopic (exact) mass is 326 g/mol. The predicted molar refractivity (Wildman–Crippen MR) is 76.0 cm³/mol. The van der Waals surface area contributed by atoms with Gasteiger partial charge in [-0.2, -0.15) is 23.4 Å². The summed E-state index contributed by atoms with van der Waals surface area (Å²) in [5.74, 6) is -1.21. The molecule has 0 saturated carbocycles. The van der Waals surface area contributed by atoms with E-state index in [1.807, 2.05) is 0 Å². The lowest BCUT2D eigenvalue weighted by molar-refractivity contribution is -0.0498. The number of amides is 1. The van der Waals surface area contributed by atoms with Gasteiger partial charge in [0.1, 0.15) is 5.75 Å². The number of halogens is 3. The van der Waals surface area contributed by atoms with E-state index in [1.165, 1.54) is 31.3 Å². The topological polar surface area (TPSA) is 68.5 Å². The molecule has 1 heterocycles. The molecule has 0 aliphatic rings. The second kappa shape index (κ2) is 6.95. The molecule has 23 heavy (non-hydrogen) atoms. The van der Waals surface area contributed by atoms with Gasteiger partial charge in [0.2, 0.25) is 5.95 Å². The van der Waals surface area contributed by atoms with Gasteiger partial charge in [-0.1, -0.05) is 0 Å². The third-order valence-electron chi connectivity index (χ3n) is 2.90. The summed E-state index contributed by atoms with van der Waals surface area (Å²) in [7, 11) is 1.45. The smallest absolute Gasteiger partial charge is 0.387 e. The Morgan fingerprint density at radius 3 is 2.57 bits per heavy atom. The van der Waals surface area contributed by atoms with E-state index >= 15 is 0 Å². The van der Waals surface area contributed by atoms with Crippen LogP contribution >= 0.6 is 0 Å². The normalized spacial score (nSPS) is 11.2. The minimum atomic E-state index is -2.93. The largest absolute Gasteiger partial charge is 0.435 e. The zero-order valence-electron chi connectivity index (χ0n) is 12.3. The molecule has 1 N–H and O–H groups in total. The summed E-state index contributed by atoms with van der Waals surface area (Å²) in [6.07, 6.45) is 1.14. The van der Waals surface area contributed by atoms with Crippen LogP contribution in [0.15, 0.2) is 29.4 Å². The van der Waals surface area contributed by atoms with Crippen molar-refractivity contribution >= 4 is 12.1 Å². The molecule has 9 heteroatoms. The first-order chi connectivity index (χ1) is 10.9. The van der Waals surface area contributed by atoms with E-state index in [-0.39, 0.29) is 16.9 Å². The average Bonchev–Trinajstić information content (AvgIpc) is 2.73. The number of benzene rings is 1. The van der Waals surface area contributed by atoms with Crippen LogP contribution < -0.4 is 10.2 Å². The van der Waals surface area contributed by atoms with Gasteiger partial charge in [-0.05, 0) is 31.2 Å². The Morgan fingerprint density at radius 1 is 1.39 bits per heavy atom. The lowest BCUT2D eigenvalue weighted by Crippen LogP contribution is -2.17. The number of aromatic nitrogens is 2. The number of hydrazone groups is 1. The quantitative estimate of drug-likeness (QED) is 0.677. The lowest BCUT2D eigenvalue weighted by Gasteiger charge is -2.04. The van der Waals surface area contributed by atoms with E-state index < -0.39 is 18.5 Å². The Balaban J connectivity index is 2.00. The summed E-state index contributed by atoms with van der Waals surface area (Å²) in [6, 6.07) is 5.07. The maximum atomic E-state index is 13.6. The maximum Gasteiger partial charge on any atom is 0.387 e. The third kappa shape index (κ3) is 4.09. The minimum Gasteiger partial charge on any atom is -0.435 e. The van der Waals surface area contributed by atoms with Gasteiger partial charge in [0.25, 0.3) is 5.91 Å². The van der Waals surface area contributed by atoms with Crippen molar-refractivity contribution in [2.75, 3.05) is 0 Å². The van der Waals surface area contributed by atoms with Crippen LogP contribution in [0.3, 0.4) is 0 Å². The van der Waals surface area contributed by atoms with Crippen molar-refractivity contribution in [2.24, 2.45) is 12.1 Å². The van der Waals surface area contributed by atoms with Crippen LogP contribution in [0.25, 0.3) is 0 Å². The summed E-state index contributed by atoms with van der Waals surface area (Å²) in [6.45, 7) is -1.33. The summed E-state index contributed by atoms with van der Waals surface area (Å²) in [4.78, 5) is 11.8. The third-order valence-corrected chi connectivity index (χ3v) is 2.90. The molecule has 0 unspecified atom stereocenters. The molecule has 0 fully saturated rings. The van der Waals surface area contributed by atoms with Gasteiger partial charge >= 0.3 is 6.61 Å². The van der Waals surface area contributed by atoms with Crippen molar-refractivity contribution in [1.82, 2.24) is 15.2 Å². The Hall–Kier alpha value is -2.84. The number of hydrogen-bond donors (Lipinski definition) is 1. The lowest BCUT2D eigenvalue weighted by atomic mass is 10.2. The van der Waals surface area contributed by atoms with Gasteiger partial charge in [-0.3, -0.25) is 4.79 Å². The summed E-state index contributed by atoms with van der Waals surface area (Å²) in [5.41, 5.74) is 2.98. The van der Waals surface area contributed by atoms with E-state index in [2.05, 4.69) is 20.4 Å². The van der Waals surface area contributed by atoms with Gasteiger partial charge in [0.05, 0.1) is 17.5 Å². The van der Waals surface area contributed by atoms with E-state index in [1.54, 1.807) is 6.92 Å². The Morgan fingerprint density at radius 2 is 2.04 bits per heavy atom. The molecule has 6 nitrogen and oxygen atoms in total. The van der Waals surface area contributed by atoms with Gasteiger partial charge < -0.3 is 4.74 Å². The number of hydrogen-bond acceptors (Lipinski definition) is 4. The first-order valence-electron chi connectivity index (χ1n) is 6.46. The zero-order chi connectivity index (χ0) is 17.0. The first kappa shape index (κ1) is 16.5. The number of nitrogens with one attached hydrogen (secondary N) is 1. The van der Waals surface area contributed by atoms with Crippen LogP contribution in [0.5, 0.6) is 5.75 Å². The van der Waals surface area contributed by atoms with E-state index in [4.69, 9.17) is 0 Å². The summed E-state index contributed by atoms with van der Waals surface area (Å²) < 4.78 is 42.9. The average molecular weight is 326 g/mol. The number of ether oxygens (including phenoxy) is 1. The molecule has 0 aliphatic carbocycles. The second-order valence-corrected chi connectivity index (χ2v) is 4.52. The SMILES string of the molecule is Cc1nn(C)c(F)c1/C=N/NC(=O)c1ccc(OC(F)F)cc1. The van der Waals surface area contributed by atoms with Gasteiger partial charge in [0.15, 0.2) is 0 Å². The highest BCUT2D eigenvalue weighted by atomic mass is 19.3. The standard InChI is InChI=1S/C14H13F3N4O2/c1-8-11(12(15)21(2)20-8)7-18-19-13(22)9-3-5-10(6-4-9)23-14(16)17/h3-7,14H,1-2H3,(H,19,22)/b18-7+. The predicted octanol–water partition coefficient (Wildman–Crippen LogP) is 2.23. The molecule has 1 aromatic heterocycles. The number of rotatable bonds is 5. The van der Waals surface area contributed by atoms with E-state index in [0.717, 1.165) is 10.9 Å². The molecule has 122 valence electrons. The second-order valence-electron chi connectivity index (χ2n) is 4.52. The van der Waals surface area contributed by atoms with Gasteiger partial charge in [-0.25, -0.2) is 10.1 Å². The van der Waals surface area contributed by atoms with Crippen molar-refractivity contribution in [3.63, 3.8) is 0 Å². The molecule has 0 spiro atoms. The Labute approximate surface area is 129 Å². The molecule has 0 aliphatic heterocycles. The van der Waals surface area contributed by atoms with Crippen molar-refractivity contribution in [3.05, 3.63) is 47.0 Å². The summed E-state index contributed by atoms with van der Waals surface area (Å²) in [5, 5.41) is 7.52. The zero-order valence-corrected chi connectivity index (χ0v) is 12.3. The molecule has 1 amide bonds. The molecule has 0 radical (unpaired) electrons. The number of aryl methyl sites for hydroxylation is 2. The van der Waals surface area contributed by atoms with Gasteiger partial charge in [0, 0.05) is 12.6 Å². The first-order valence-corrected chi connectivity index (χ1v) is 6.46. The Kier molecular flexibility index (Phi) is 4.99. The molecular formula is C14H13F3N4O2. The number of alkyl halides is 2. The fourth-order valence-electron chi connectivity index (χ4n) is 1.80. The maximum absolute atomic E-state index is 13.6. The summed E-state index contributed by atoms with van der Waals surface area (Å²) >= 11 is 0. The van der Waals surface area contributed by atoms with Crippen LogP contribution in [0.4, 0.5) is 13.2 Å². The molecule has 0 bridgehead atoms. The highest BCUT2D eigenvalue weighted by Crippen LogP contribution is 2.14. The van der Waals surface area contributed by atoms with Crippen LogP contribution in [0.2, 0.25) is 0 Å². The van der Waals surface area contributed by atoms with Crippen molar-refractivity contribution in [1.29, 1.82) is 0 Å². The van der Waals surface area contributed by atoms with Crippen molar-refractivity contribution < 1.29 is 22.7 Å². The van der Waals surface area contributed by atoms with Crippen LogP contribution in [-0.2, 0) is 7.05 Å². The molecular weight excluding hydrogens is 313 g/mol. The molecule has 2 rings (SSSR count). The molecule has 1 aromatic carbocycles. The van der Waals surface area contributed by atoms with Crippen LogP contribution in [-0.4, -0.2) is 28.5 Å². The number of nitrogens with zero attached hydrogens (tertiary/aromatic N) is 3. The number of carbonyl (C=O) groups excluding carboxylic acids is 1. The highest BCUT2D eigenvalue weighted by Gasteiger charge is 2.11. The molecule has 2 aromatic rings. The molecule has 0 saturated heterocycles. The van der Waals surface area contributed by atoms with E-state index in [9.17, 15) is 18.0 Å². The fraction of sp³-hybridized carbons (Fsp3) is 0.214. The van der Waals surface area contributed by atoms with Crippen molar-refractivity contribution in [2.45, 2.75) is 13.5 Å². The van der Waals surface area contributed by atoms with Gasteiger partial charge in [-0.15, -0.1) is 0 Å². The number of carbonyl (C=O) groups is 1.